The molecule has 1 aliphatic carbocycles. The topological polar surface area (TPSA) is 50.7 Å². The highest BCUT2D eigenvalue weighted by molar-refractivity contribution is 6.30. The van der Waals surface area contributed by atoms with Crippen LogP contribution in [-0.4, -0.2) is 19.2 Å². The van der Waals surface area contributed by atoms with Crippen LogP contribution in [0.2, 0.25) is 5.02 Å². The Morgan fingerprint density at radius 3 is 2.50 bits per heavy atom. The molecule has 0 aromatic heterocycles. The summed E-state index contributed by atoms with van der Waals surface area (Å²) >= 11 is 5.99. The average Bonchev–Trinajstić information content (AvgIpc) is 2.79. The number of hydrogen-bond donors (Lipinski definition) is 1. The molecule has 4 nitrogen and oxygen atoms in total. The highest BCUT2D eigenvalue weighted by Gasteiger charge is 2.27. The Morgan fingerprint density at radius 1 is 1.03 bits per heavy atom. The van der Waals surface area contributed by atoms with Gasteiger partial charge in [-0.3, -0.25) is 4.79 Å². The normalized spacial score (nSPS) is 19.1. The van der Waals surface area contributed by atoms with Gasteiger partial charge < -0.3 is 4.74 Å². The molecule has 0 atom stereocenters. The highest BCUT2D eigenvalue weighted by Crippen LogP contribution is 2.36. The zero-order valence-corrected chi connectivity index (χ0v) is 17.7. The van der Waals surface area contributed by atoms with E-state index in [9.17, 15) is 4.79 Å². The second kappa shape index (κ2) is 9.31. The molecule has 5 heteroatoms. The number of carbonyl (C=O) groups excluding carboxylic acids is 1. The second-order valence-corrected chi connectivity index (χ2v) is 8.17. The Labute approximate surface area is 181 Å². The first-order valence-corrected chi connectivity index (χ1v) is 10.7. The summed E-state index contributed by atoms with van der Waals surface area (Å²) in [4.78, 5) is 12.6. The number of rotatable bonds is 5. The van der Waals surface area contributed by atoms with Gasteiger partial charge >= 0.3 is 0 Å². The smallest absolute Gasteiger partial charge is 0.243 e. The van der Waals surface area contributed by atoms with Crippen molar-refractivity contribution in [3.05, 3.63) is 76.8 Å². The zero-order chi connectivity index (χ0) is 20.9. The van der Waals surface area contributed by atoms with Crippen LogP contribution in [0, 0.1) is 5.92 Å². The van der Waals surface area contributed by atoms with E-state index in [1.165, 1.54) is 5.56 Å². The molecule has 0 radical (unpaired) electrons. The van der Waals surface area contributed by atoms with Gasteiger partial charge in [-0.15, -0.1) is 0 Å². The van der Waals surface area contributed by atoms with Gasteiger partial charge in [0.05, 0.1) is 13.3 Å². The first-order chi connectivity index (χ1) is 14.7. The number of nitrogens with zero attached hydrogens (tertiary/aromatic N) is 1. The molecule has 1 fully saturated rings. The second-order valence-electron chi connectivity index (χ2n) is 7.74. The lowest BCUT2D eigenvalue weighted by Crippen LogP contribution is -2.29. The average molecular weight is 421 g/mol. The number of hydrogen-bond acceptors (Lipinski definition) is 3. The summed E-state index contributed by atoms with van der Waals surface area (Å²) in [5, 5.41) is 7.14. The number of amides is 1. The molecule has 0 heterocycles. The third kappa shape index (κ3) is 4.49. The van der Waals surface area contributed by atoms with Gasteiger partial charge in [-0.25, -0.2) is 5.43 Å². The Bertz CT molecular complexity index is 1050. The van der Waals surface area contributed by atoms with Crippen LogP contribution >= 0.6 is 11.6 Å². The number of benzene rings is 3. The van der Waals surface area contributed by atoms with Gasteiger partial charge in [0.2, 0.25) is 5.91 Å². The minimum atomic E-state index is -0.0139. The largest absolute Gasteiger partial charge is 0.496 e. The standard InChI is InChI=1S/C25H25ClN2O2/c1-30-24-15-12-19-4-2-3-5-22(19)23(24)16-27-28-25(29)20-8-6-17(7-9-20)18-10-13-21(26)14-11-18/h2-5,10-17,20H,6-9H2,1H3,(H,28,29)/b27-16+. The van der Waals surface area contributed by atoms with E-state index in [0.717, 1.165) is 52.8 Å². The van der Waals surface area contributed by atoms with Gasteiger partial charge in [-0.1, -0.05) is 54.1 Å². The van der Waals surface area contributed by atoms with Gasteiger partial charge in [0.15, 0.2) is 0 Å². The highest BCUT2D eigenvalue weighted by atomic mass is 35.5. The quantitative estimate of drug-likeness (QED) is 0.411. The molecule has 3 aromatic carbocycles. The molecule has 1 saturated carbocycles. The predicted molar refractivity (Wildman–Crippen MR) is 122 cm³/mol. The maximum atomic E-state index is 12.6. The molecule has 4 rings (SSSR count). The molecular weight excluding hydrogens is 396 g/mol. The zero-order valence-electron chi connectivity index (χ0n) is 17.0. The third-order valence-corrected chi connectivity index (χ3v) is 6.21. The Morgan fingerprint density at radius 2 is 1.77 bits per heavy atom. The molecule has 0 aliphatic heterocycles. The van der Waals surface area contributed by atoms with Crippen LogP contribution in [-0.2, 0) is 4.79 Å². The molecule has 30 heavy (non-hydrogen) atoms. The SMILES string of the molecule is COc1ccc2ccccc2c1/C=N/NC(=O)C1CCC(c2ccc(Cl)cc2)CC1. The fourth-order valence-corrected chi connectivity index (χ4v) is 4.39. The molecule has 0 spiro atoms. The van der Waals surface area contributed by atoms with E-state index in [1.54, 1.807) is 13.3 Å². The van der Waals surface area contributed by atoms with Crippen LogP contribution in [0.5, 0.6) is 5.75 Å². The van der Waals surface area contributed by atoms with E-state index >= 15 is 0 Å². The number of carbonyl (C=O) groups is 1. The number of ether oxygens (including phenoxy) is 1. The van der Waals surface area contributed by atoms with E-state index in [4.69, 9.17) is 16.3 Å². The first-order valence-electron chi connectivity index (χ1n) is 10.3. The monoisotopic (exact) mass is 420 g/mol. The fraction of sp³-hybridized carbons (Fsp3) is 0.280. The van der Waals surface area contributed by atoms with Crippen LogP contribution < -0.4 is 10.2 Å². The summed E-state index contributed by atoms with van der Waals surface area (Å²) < 4.78 is 5.48. The number of nitrogens with one attached hydrogen (secondary N) is 1. The van der Waals surface area contributed by atoms with E-state index in [1.807, 2.05) is 48.5 Å². The maximum Gasteiger partial charge on any atom is 0.243 e. The lowest BCUT2D eigenvalue weighted by molar-refractivity contribution is -0.126. The van der Waals surface area contributed by atoms with Crippen molar-refractivity contribution in [1.29, 1.82) is 0 Å². The predicted octanol–water partition coefficient (Wildman–Crippen LogP) is 5.93. The van der Waals surface area contributed by atoms with Gasteiger partial charge in [-0.2, -0.15) is 5.10 Å². The van der Waals surface area contributed by atoms with E-state index in [0.29, 0.717) is 5.92 Å². The molecule has 1 amide bonds. The van der Waals surface area contributed by atoms with Crippen molar-refractivity contribution in [2.24, 2.45) is 11.0 Å². The molecule has 3 aromatic rings. The van der Waals surface area contributed by atoms with E-state index in [2.05, 4.69) is 22.7 Å². The molecule has 0 saturated heterocycles. The van der Waals surface area contributed by atoms with Gasteiger partial charge in [0, 0.05) is 16.5 Å². The third-order valence-electron chi connectivity index (χ3n) is 5.96. The van der Waals surface area contributed by atoms with Gasteiger partial charge in [0.1, 0.15) is 5.75 Å². The van der Waals surface area contributed by atoms with Crippen LogP contribution in [0.4, 0.5) is 0 Å². The Kier molecular flexibility index (Phi) is 6.34. The van der Waals surface area contributed by atoms with Crippen LogP contribution in [0.25, 0.3) is 10.8 Å². The van der Waals surface area contributed by atoms with E-state index in [-0.39, 0.29) is 11.8 Å². The maximum absolute atomic E-state index is 12.6. The Hall–Kier alpha value is -2.85. The summed E-state index contributed by atoms with van der Waals surface area (Å²) in [6, 6.07) is 20.0. The van der Waals surface area contributed by atoms with Crippen molar-refractivity contribution < 1.29 is 9.53 Å². The van der Waals surface area contributed by atoms with Crippen LogP contribution in [0.15, 0.2) is 65.8 Å². The number of halogens is 1. The molecule has 154 valence electrons. The number of fused-ring (bicyclic) bond motifs is 1. The minimum Gasteiger partial charge on any atom is -0.496 e. The van der Waals surface area contributed by atoms with Crippen molar-refractivity contribution >= 4 is 34.5 Å². The first kappa shape index (κ1) is 20.4. The van der Waals surface area contributed by atoms with Crippen LogP contribution in [0.3, 0.4) is 0 Å². The lowest BCUT2D eigenvalue weighted by atomic mass is 9.78. The summed E-state index contributed by atoms with van der Waals surface area (Å²) in [5.41, 5.74) is 4.90. The lowest BCUT2D eigenvalue weighted by Gasteiger charge is -2.27. The fourth-order valence-electron chi connectivity index (χ4n) is 4.26. The van der Waals surface area contributed by atoms with Crippen molar-refractivity contribution in [2.45, 2.75) is 31.6 Å². The van der Waals surface area contributed by atoms with Crippen molar-refractivity contribution in [2.75, 3.05) is 7.11 Å². The van der Waals surface area contributed by atoms with Crippen molar-refractivity contribution in [3.8, 4) is 5.75 Å². The summed E-state index contributed by atoms with van der Waals surface area (Å²) in [5.74, 6) is 1.21. The molecular formula is C25H25ClN2O2. The summed E-state index contributed by atoms with van der Waals surface area (Å²) in [7, 11) is 1.64. The van der Waals surface area contributed by atoms with Crippen molar-refractivity contribution in [1.82, 2.24) is 5.43 Å². The van der Waals surface area contributed by atoms with Crippen molar-refractivity contribution in [3.63, 3.8) is 0 Å². The van der Waals surface area contributed by atoms with Crippen LogP contribution in [0.1, 0.15) is 42.7 Å². The Balaban J connectivity index is 1.38. The number of methoxy groups -OCH3 is 1. The number of hydrazone groups is 1. The summed E-state index contributed by atoms with van der Waals surface area (Å²) in [6.45, 7) is 0. The molecule has 1 aliphatic rings. The summed E-state index contributed by atoms with van der Waals surface area (Å²) in [6.07, 6.45) is 5.41. The molecule has 0 bridgehead atoms. The van der Waals surface area contributed by atoms with Gasteiger partial charge in [0.25, 0.3) is 0 Å². The van der Waals surface area contributed by atoms with E-state index < -0.39 is 0 Å². The minimum absolute atomic E-state index is 0.000105. The molecule has 1 N–H and O–H groups in total. The van der Waals surface area contributed by atoms with Gasteiger partial charge in [-0.05, 0) is 66.1 Å². The molecule has 0 unspecified atom stereocenters.